The fourth-order valence-electron chi connectivity index (χ4n) is 3.41. The maximum absolute atomic E-state index is 12.8. The molecule has 1 saturated heterocycles. The molecule has 0 aromatic carbocycles. The van der Waals surface area contributed by atoms with E-state index < -0.39 is 0 Å². The smallest absolute Gasteiger partial charge is 0.247 e. The van der Waals surface area contributed by atoms with E-state index in [9.17, 15) is 4.79 Å². The number of aryl methyl sites for hydroxylation is 3. The van der Waals surface area contributed by atoms with Crippen LogP contribution in [-0.4, -0.2) is 47.3 Å². The van der Waals surface area contributed by atoms with Gasteiger partial charge < -0.3 is 10.2 Å². The normalized spacial score (nSPS) is 16.7. The maximum Gasteiger partial charge on any atom is 0.247 e. The second-order valence-electron chi connectivity index (χ2n) is 6.95. The van der Waals surface area contributed by atoms with E-state index in [0.717, 1.165) is 29.1 Å². The van der Waals surface area contributed by atoms with Gasteiger partial charge in [0.1, 0.15) is 16.6 Å². The lowest BCUT2D eigenvalue weighted by molar-refractivity contribution is -0.126. The number of anilines is 2. The lowest BCUT2D eigenvalue weighted by atomic mass is 10.1. The molecule has 0 spiro atoms. The number of nitrogens with one attached hydrogen (secondary N) is 1. The summed E-state index contributed by atoms with van der Waals surface area (Å²) in [6, 6.07) is 1.82. The van der Waals surface area contributed by atoms with E-state index in [-0.39, 0.29) is 11.9 Å². The zero-order valence-electron chi connectivity index (χ0n) is 16.5. The van der Waals surface area contributed by atoms with E-state index >= 15 is 0 Å². The van der Waals surface area contributed by atoms with Gasteiger partial charge in [-0.1, -0.05) is 11.3 Å². The van der Waals surface area contributed by atoms with E-state index in [1.165, 1.54) is 11.3 Å². The topological polar surface area (TPSA) is 102 Å². The first-order chi connectivity index (χ1) is 14.0. The van der Waals surface area contributed by atoms with Crippen LogP contribution in [0.5, 0.6) is 0 Å². The minimum absolute atomic E-state index is 0.0260. The van der Waals surface area contributed by atoms with Gasteiger partial charge in [0.05, 0.1) is 17.9 Å². The highest BCUT2D eigenvalue weighted by molar-refractivity contribution is 7.15. The molecule has 1 fully saturated rings. The molecule has 4 rings (SSSR count). The Balaban J connectivity index is 1.53. The quantitative estimate of drug-likeness (QED) is 0.645. The molecule has 0 aliphatic carbocycles. The predicted octanol–water partition coefficient (Wildman–Crippen LogP) is 2.80. The fourth-order valence-corrected chi connectivity index (χ4v) is 4.01. The highest BCUT2D eigenvalue weighted by Crippen LogP contribution is 2.32. The summed E-state index contributed by atoms with van der Waals surface area (Å²) in [5.41, 5.74) is 1.73. The first-order valence-corrected chi connectivity index (χ1v) is 10.2. The molecule has 1 N–H and O–H groups in total. The second kappa shape index (κ2) is 8.08. The van der Waals surface area contributed by atoms with E-state index in [1.807, 2.05) is 38.1 Å². The fraction of sp³-hybridized carbons (Fsp3) is 0.368. The maximum atomic E-state index is 12.8. The molecule has 0 bridgehead atoms. The first kappa shape index (κ1) is 19.2. The molecule has 1 aliphatic rings. The van der Waals surface area contributed by atoms with Crippen molar-refractivity contribution in [2.45, 2.75) is 32.7 Å². The Morgan fingerprint density at radius 3 is 2.90 bits per heavy atom. The van der Waals surface area contributed by atoms with Crippen molar-refractivity contribution in [1.82, 2.24) is 34.8 Å². The SMILES string of the molecule is Cc1nc(Nc2nnc(C)s2)cc(C2CCCN2C(=O)/C=C/c2cnn(C)c2)n1. The van der Waals surface area contributed by atoms with Gasteiger partial charge in [-0.05, 0) is 32.8 Å². The molecule has 0 saturated carbocycles. The lowest BCUT2D eigenvalue weighted by Gasteiger charge is -2.23. The van der Waals surface area contributed by atoms with Crippen LogP contribution in [-0.2, 0) is 11.8 Å². The van der Waals surface area contributed by atoms with Gasteiger partial charge in [-0.15, -0.1) is 10.2 Å². The summed E-state index contributed by atoms with van der Waals surface area (Å²) in [7, 11) is 1.85. The van der Waals surface area contributed by atoms with Crippen molar-refractivity contribution >= 4 is 34.3 Å². The van der Waals surface area contributed by atoms with Gasteiger partial charge in [0.25, 0.3) is 0 Å². The third kappa shape index (κ3) is 4.48. The third-order valence-electron chi connectivity index (χ3n) is 4.64. The minimum Gasteiger partial charge on any atom is -0.331 e. The molecular formula is C19H22N8OS. The monoisotopic (exact) mass is 410 g/mol. The van der Waals surface area contributed by atoms with Crippen LogP contribution in [0.2, 0.25) is 0 Å². The Morgan fingerprint density at radius 1 is 1.31 bits per heavy atom. The van der Waals surface area contributed by atoms with Gasteiger partial charge in [-0.2, -0.15) is 5.10 Å². The van der Waals surface area contributed by atoms with Crippen LogP contribution in [0, 0.1) is 13.8 Å². The number of aromatic nitrogens is 6. The summed E-state index contributed by atoms with van der Waals surface area (Å²) < 4.78 is 1.71. The minimum atomic E-state index is -0.0699. The number of carbonyl (C=O) groups is 1. The largest absolute Gasteiger partial charge is 0.331 e. The van der Waals surface area contributed by atoms with Gasteiger partial charge in [0, 0.05) is 37.5 Å². The molecule has 1 aliphatic heterocycles. The second-order valence-corrected chi connectivity index (χ2v) is 8.13. The van der Waals surface area contributed by atoms with Crippen molar-refractivity contribution in [3.63, 3.8) is 0 Å². The Morgan fingerprint density at radius 2 is 2.17 bits per heavy atom. The molecular weight excluding hydrogens is 388 g/mol. The van der Waals surface area contributed by atoms with Crippen LogP contribution in [0.4, 0.5) is 10.9 Å². The summed E-state index contributed by atoms with van der Waals surface area (Å²) in [6.45, 7) is 4.46. The first-order valence-electron chi connectivity index (χ1n) is 9.38. The number of carbonyl (C=O) groups excluding carboxylic acids is 1. The molecule has 4 heterocycles. The Bertz CT molecular complexity index is 1060. The van der Waals surface area contributed by atoms with E-state index in [0.29, 0.717) is 23.3 Å². The molecule has 3 aromatic rings. The van der Waals surface area contributed by atoms with Crippen molar-refractivity contribution in [2.24, 2.45) is 7.05 Å². The Kier molecular flexibility index (Phi) is 5.34. The van der Waals surface area contributed by atoms with Crippen LogP contribution < -0.4 is 5.32 Å². The number of rotatable bonds is 5. The molecule has 150 valence electrons. The molecule has 9 nitrogen and oxygen atoms in total. The number of hydrogen-bond donors (Lipinski definition) is 1. The zero-order chi connectivity index (χ0) is 20.4. The average molecular weight is 411 g/mol. The summed E-state index contributed by atoms with van der Waals surface area (Å²) in [5, 5.41) is 17.0. The Hall–Kier alpha value is -3.14. The van der Waals surface area contributed by atoms with Crippen molar-refractivity contribution in [1.29, 1.82) is 0 Å². The molecule has 3 aromatic heterocycles. The van der Waals surface area contributed by atoms with Crippen molar-refractivity contribution in [3.8, 4) is 0 Å². The third-order valence-corrected chi connectivity index (χ3v) is 5.39. The van der Waals surface area contributed by atoms with Crippen molar-refractivity contribution in [3.05, 3.63) is 46.6 Å². The number of nitrogens with zero attached hydrogens (tertiary/aromatic N) is 7. The number of hydrogen-bond acceptors (Lipinski definition) is 8. The van der Waals surface area contributed by atoms with E-state index in [4.69, 9.17) is 0 Å². The van der Waals surface area contributed by atoms with Gasteiger partial charge in [-0.25, -0.2) is 9.97 Å². The van der Waals surface area contributed by atoms with Crippen LogP contribution in [0.25, 0.3) is 6.08 Å². The van der Waals surface area contributed by atoms with Crippen molar-refractivity contribution in [2.75, 3.05) is 11.9 Å². The zero-order valence-corrected chi connectivity index (χ0v) is 17.3. The summed E-state index contributed by atoms with van der Waals surface area (Å²) in [4.78, 5) is 23.7. The van der Waals surface area contributed by atoms with Crippen LogP contribution >= 0.6 is 11.3 Å². The summed E-state index contributed by atoms with van der Waals surface area (Å²) >= 11 is 1.46. The average Bonchev–Trinajstić information content (AvgIpc) is 3.41. The van der Waals surface area contributed by atoms with Gasteiger partial charge in [0.2, 0.25) is 11.0 Å². The van der Waals surface area contributed by atoms with E-state index in [2.05, 4.69) is 30.6 Å². The highest BCUT2D eigenvalue weighted by Gasteiger charge is 2.30. The number of likely N-dealkylation sites (tertiary alicyclic amines) is 1. The van der Waals surface area contributed by atoms with E-state index in [1.54, 1.807) is 23.0 Å². The molecule has 1 amide bonds. The van der Waals surface area contributed by atoms with Gasteiger partial charge in [-0.3, -0.25) is 9.48 Å². The summed E-state index contributed by atoms with van der Waals surface area (Å²) in [6.07, 6.45) is 8.81. The molecule has 1 atom stereocenters. The molecule has 10 heteroatoms. The Labute approximate surface area is 172 Å². The van der Waals surface area contributed by atoms with Crippen LogP contribution in [0.1, 0.15) is 41.0 Å². The summed E-state index contributed by atoms with van der Waals surface area (Å²) in [5.74, 6) is 1.28. The van der Waals surface area contributed by atoms with Gasteiger partial charge in [0.15, 0.2) is 0 Å². The van der Waals surface area contributed by atoms with Crippen LogP contribution in [0.3, 0.4) is 0 Å². The standard InChI is InChI=1S/C19H22N8OS/c1-12-21-15(9-17(22-12)23-19-25-24-13(2)29-19)16-5-4-8-27(16)18(28)7-6-14-10-20-26(3)11-14/h6-7,9-11,16H,4-5,8H2,1-3H3,(H,21,22,23,25)/b7-6+. The van der Waals surface area contributed by atoms with Crippen LogP contribution in [0.15, 0.2) is 24.5 Å². The highest BCUT2D eigenvalue weighted by atomic mass is 32.1. The molecule has 29 heavy (non-hydrogen) atoms. The van der Waals surface area contributed by atoms with Gasteiger partial charge >= 0.3 is 0 Å². The number of amides is 1. The van der Waals surface area contributed by atoms with Crippen molar-refractivity contribution < 1.29 is 4.79 Å². The molecule has 1 unspecified atom stereocenters. The lowest BCUT2D eigenvalue weighted by Crippen LogP contribution is -2.29. The predicted molar refractivity (Wildman–Crippen MR) is 111 cm³/mol. The molecule has 0 radical (unpaired) electrons.